The molecule has 0 fully saturated rings. The van der Waals surface area contributed by atoms with Gasteiger partial charge < -0.3 is 9.94 Å². The van der Waals surface area contributed by atoms with Crippen LogP contribution in [-0.2, 0) is 14.3 Å². The third kappa shape index (κ3) is 4.00. The molecule has 0 spiro atoms. The van der Waals surface area contributed by atoms with Crippen molar-refractivity contribution in [1.82, 2.24) is 5.48 Å². The Bertz CT molecular complexity index is 207. The fourth-order valence-corrected chi connectivity index (χ4v) is 0.386. The Hall–Kier alpha value is -0.940. The number of esters is 2. The molecule has 0 aliphatic rings. The summed E-state index contributed by atoms with van der Waals surface area (Å²) in [5, 5.41) is 8.36. The molecule has 76 valence electrons. The Morgan fingerprint density at radius 3 is 2.15 bits per heavy atom. The minimum absolute atomic E-state index is 0.611. The van der Waals surface area contributed by atoms with Gasteiger partial charge in [0.25, 0.3) is 0 Å². The van der Waals surface area contributed by atoms with Crippen LogP contribution in [0.5, 0.6) is 0 Å². The number of hydrogen-bond acceptors (Lipinski definition) is 5. The summed E-state index contributed by atoms with van der Waals surface area (Å²) in [5.41, 5.74) is 0.977. The number of hydrogen-bond donors (Lipinski definition) is 2. The largest absolute Gasteiger partial charge is 0.392 e. The van der Waals surface area contributed by atoms with E-state index in [0.717, 1.165) is 0 Å². The number of ether oxygens (including phenoxy) is 1. The molecule has 0 radical (unpaired) electrons. The Balaban J connectivity index is 4.16. The third-order valence-corrected chi connectivity index (χ3v) is 1.35. The van der Waals surface area contributed by atoms with Crippen LogP contribution in [0.1, 0.15) is 27.7 Å². The van der Waals surface area contributed by atoms with Crippen molar-refractivity contribution in [3.8, 4) is 0 Å². The molecule has 0 aromatic heterocycles. The molecular formula is C8H15NO4. The van der Waals surface area contributed by atoms with Gasteiger partial charge >= 0.3 is 11.9 Å². The number of carbonyl (C=O) groups is 2. The first-order chi connectivity index (χ1) is 5.79. The van der Waals surface area contributed by atoms with E-state index < -0.39 is 23.4 Å². The molecule has 0 aromatic rings. The normalized spacial score (nSPS) is 13.6. The van der Waals surface area contributed by atoms with Crippen molar-refractivity contribution < 1.29 is 19.5 Å². The first kappa shape index (κ1) is 12.1. The van der Waals surface area contributed by atoms with Gasteiger partial charge in [-0.3, -0.25) is 4.79 Å². The van der Waals surface area contributed by atoms with Crippen molar-refractivity contribution >= 4 is 11.9 Å². The van der Waals surface area contributed by atoms with E-state index in [2.05, 4.69) is 4.74 Å². The van der Waals surface area contributed by atoms with Crippen molar-refractivity contribution in [2.75, 3.05) is 0 Å². The van der Waals surface area contributed by atoms with Crippen molar-refractivity contribution in [1.29, 1.82) is 0 Å². The van der Waals surface area contributed by atoms with Crippen LogP contribution in [0.25, 0.3) is 0 Å². The minimum Gasteiger partial charge on any atom is -0.392 e. The maximum absolute atomic E-state index is 11.1. The first-order valence-electron chi connectivity index (χ1n) is 3.94. The molecule has 1 atom stereocenters. The lowest BCUT2D eigenvalue weighted by Crippen LogP contribution is -2.37. The van der Waals surface area contributed by atoms with Gasteiger partial charge in [0, 0.05) is 0 Å². The van der Waals surface area contributed by atoms with Crippen molar-refractivity contribution in [3.63, 3.8) is 0 Å². The number of rotatable bonds is 2. The zero-order valence-electron chi connectivity index (χ0n) is 8.25. The topological polar surface area (TPSA) is 75.6 Å². The fourth-order valence-electron chi connectivity index (χ4n) is 0.386. The third-order valence-electron chi connectivity index (χ3n) is 1.35. The van der Waals surface area contributed by atoms with E-state index in [1.165, 1.54) is 6.92 Å². The summed E-state index contributed by atoms with van der Waals surface area (Å²) in [6.45, 7) is 6.30. The van der Waals surface area contributed by atoms with E-state index in [1.807, 2.05) is 0 Å². The molecule has 0 aliphatic carbocycles. The van der Waals surface area contributed by atoms with Crippen LogP contribution < -0.4 is 5.48 Å². The summed E-state index contributed by atoms with van der Waals surface area (Å²) in [5.74, 6) is -1.40. The van der Waals surface area contributed by atoms with E-state index in [4.69, 9.17) is 5.21 Å². The molecular weight excluding hydrogens is 174 g/mol. The summed E-state index contributed by atoms with van der Waals surface area (Å²) in [6.07, 6.45) is 0. The van der Waals surface area contributed by atoms with Gasteiger partial charge in [0.1, 0.15) is 6.04 Å². The molecule has 0 bridgehead atoms. The quantitative estimate of drug-likeness (QED) is 0.375. The smallest absolute Gasteiger partial charge is 0.332 e. The SMILES string of the molecule is C[C@H](NO)C(=O)OC(=O)C(C)(C)C. The monoisotopic (exact) mass is 189 g/mol. The van der Waals surface area contributed by atoms with Gasteiger partial charge in [0.05, 0.1) is 5.41 Å². The van der Waals surface area contributed by atoms with E-state index in [9.17, 15) is 9.59 Å². The lowest BCUT2D eigenvalue weighted by molar-refractivity contribution is -0.168. The van der Waals surface area contributed by atoms with E-state index in [1.54, 1.807) is 26.3 Å². The molecule has 0 rings (SSSR count). The van der Waals surface area contributed by atoms with E-state index in [-0.39, 0.29) is 0 Å². The molecule has 0 heterocycles. The van der Waals surface area contributed by atoms with Crippen LogP contribution >= 0.6 is 0 Å². The average molecular weight is 189 g/mol. The van der Waals surface area contributed by atoms with Gasteiger partial charge in [0.2, 0.25) is 0 Å². The summed E-state index contributed by atoms with van der Waals surface area (Å²) in [7, 11) is 0. The average Bonchev–Trinajstić information content (AvgIpc) is 2.01. The molecule has 5 nitrogen and oxygen atoms in total. The second kappa shape index (κ2) is 4.34. The lowest BCUT2D eigenvalue weighted by atomic mass is 9.97. The van der Waals surface area contributed by atoms with Gasteiger partial charge in [-0.1, -0.05) is 0 Å². The molecule has 2 N–H and O–H groups in total. The van der Waals surface area contributed by atoms with Gasteiger partial charge in [-0.05, 0) is 27.7 Å². The van der Waals surface area contributed by atoms with Crippen molar-refractivity contribution in [2.24, 2.45) is 5.41 Å². The predicted molar refractivity (Wildman–Crippen MR) is 44.9 cm³/mol. The Morgan fingerprint density at radius 2 is 1.85 bits per heavy atom. The van der Waals surface area contributed by atoms with Crippen LogP contribution in [0.4, 0.5) is 0 Å². The maximum atomic E-state index is 11.1. The first-order valence-corrected chi connectivity index (χ1v) is 3.94. The number of carbonyl (C=O) groups excluding carboxylic acids is 2. The van der Waals surface area contributed by atoms with E-state index in [0.29, 0.717) is 0 Å². The number of nitrogens with one attached hydrogen (secondary N) is 1. The Kier molecular flexibility index (Phi) is 4.03. The molecule has 0 unspecified atom stereocenters. The highest BCUT2D eigenvalue weighted by Crippen LogP contribution is 2.15. The van der Waals surface area contributed by atoms with Gasteiger partial charge in [-0.2, -0.15) is 5.48 Å². The Labute approximate surface area is 77.0 Å². The van der Waals surface area contributed by atoms with Gasteiger partial charge in [-0.15, -0.1) is 0 Å². The standard InChI is InChI=1S/C8H15NO4/c1-5(9-12)6(10)13-7(11)8(2,3)4/h5,9,12H,1-4H3/t5-/m0/s1. The predicted octanol–water partition coefficient (Wildman–Crippen LogP) is 0.470. The van der Waals surface area contributed by atoms with E-state index >= 15 is 0 Å². The summed E-state index contributed by atoms with van der Waals surface area (Å²) in [4.78, 5) is 22.1. The minimum atomic E-state index is -0.897. The zero-order chi connectivity index (χ0) is 10.6. The van der Waals surface area contributed by atoms with Crippen LogP contribution in [0.2, 0.25) is 0 Å². The lowest BCUT2D eigenvalue weighted by Gasteiger charge is -2.16. The molecule has 13 heavy (non-hydrogen) atoms. The molecule has 0 aliphatic heterocycles. The fraction of sp³-hybridized carbons (Fsp3) is 0.750. The Morgan fingerprint density at radius 1 is 1.38 bits per heavy atom. The molecule has 5 heteroatoms. The summed E-state index contributed by atoms with van der Waals surface area (Å²) >= 11 is 0. The zero-order valence-corrected chi connectivity index (χ0v) is 8.25. The van der Waals surface area contributed by atoms with Crippen molar-refractivity contribution in [3.05, 3.63) is 0 Å². The highest BCUT2D eigenvalue weighted by molar-refractivity contribution is 5.90. The highest BCUT2D eigenvalue weighted by atomic mass is 16.6. The van der Waals surface area contributed by atoms with Crippen molar-refractivity contribution in [2.45, 2.75) is 33.7 Å². The summed E-state index contributed by atoms with van der Waals surface area (Å²) < 4.78 is 4.47. The van der Waals surface area contributed by atoms with Gasteiger partial charge in [0.15, 0.2) is 0 Å². The van der Waals surface area contributed by atoms with Crippen LogP contribution in [-0.4, -0.2) is 23.2 Å². The van der Waals surface area contributed by atoms with Gasteiger partial charge in [-0.25, -0.2) is 4.79 Å². The molecule has 0 saturated carbocycles. The van der Waals surface area contributed by atoms with Crippen LogP contribution in [0.15, 0.2) is 0 Å². The molecule has 0 amide bonds. The maximum Gasteiger partial charge on any atom is 0.332 e. The van der Waals surface area contributed by atoms with Crippen LogP contribution in [0, 0.1) is 5.41 Å². The molecule has 0 aromatic carbocycles. The second-order valence-electron chi connectivity index (χ2n) is 3.81. The highest BCUT2D eigenvalue weighted by Gasteiger charge is 2.27. The molecule has 0 saturated heterocycles. The summed E-state index contributed by atoms with van der Waals surface area (Å²) in [6, 6.07) is -0.897. The second-order valence-corrected chi connectivity index (χ2v) is 3.81. The number of hydroxylamine groups is 1. The van der Waals surface area contributed by atoms with Crippen LogP contribution in [0.3, 0.4) is 0 Å².